The first kappa shape index (κ1) is 11.6. The molecule has 0 spiro atoms. The summed E-state index contributed by atoms with van der Waals surface area (Å²) in [5, 5.41) is 0. The van der Waals surface area contributed by atoms with Crippen LogP contribution < -0.4 is 0 Å². The Hall–Kier alpha value is -0.523. The highest BCUT2D eigenvalue weighted by molar-refractivity contribution is 6.52. The maximum absolute atomic E-state index is 5.07. The third-order valence-corrected chi connectivity index (χ3v) is 4.74. The van der Waals surface area contributed by atoms with Crippen LogP contribution in [0.1, 0.15) is 0 Å². The highest BCUT2D eigenvalue weighted by Crippen LogP contribution is 2.10. The van der Waals surface area contributed by atoms with Crippen molar-refractivity contribution in [3.8, 4) is 0 Å². The molecule has 0 aromatic rings. The van der Waals surface area contributed by atoms with Crippen LogP contribution >= 0.6 is 0 Å². The van der Waals surface area contributed by atoms with E-state index in [1.807, 2.05) is 0 Å². The van der Waals surface area contributed by atoms with Gasteiger partial charge in [-0.2, -0.15) is 0 Å². The Morgan fingerprint density at radius 3 is 1.79 bits per heavy atom. The van der Waals surface area contributed by atoms with Gasteiger partial charge >= 0.3 is 0 Å². The molecule has 5 heteroatoms. The van der Waals surface area contributed by atoms with Gasteiger partial charge in [0.2, 0.25) is 0 Å². The maximum atomic E-state index is 5.07. The van der Waals surface area contributed by atoms with Crippen LogP contribution in [0, 0.1) is 0 Å². The number of methoxy groups -OCH3 is 2. The smallest absolute Gasteiger partial charge is 0.294 e. The van der Waals surface area contributed by atoms with Crippen LogP contribution in [0.5, 0.6) is 0 Å². The SMILES string of the molecule is COCCN1C=CN(CCOC)[Si]1C. The van der Waals surface area contributed by atoms with E-state index >= 15 is 0 Å². The van der Waals surface area contributed by atoms with E-state index in [4.69, 9.17) is 9.47 Å². The van der Waals surface area contributed by atoms with Gasteiger partial charge in [-0.05, 0) is 6.55 Å². The minimum absolute atomic E-state index is 0.583. The van der Waals surface area contributed by atoms with E-state index in [9.17, 15) is 0 Å². The average molecular weight is 215 g/mol. The Morgan fingerprint density at radius 2 is 1.43 bits per heavy atom. The Morgan fingerprint density at radius 1 is 1.00 bits per heavy atom. The summed E-state index contributed by atoms with van der Waals surface area (Å²) < 4.78 is 14.9. The van der Waals surface area contributed by atoms with Crippen LogP contribution in [0.3, 0.4) is 0 Å². The van der Waals surface area contributed by atoms with Gasteiger partial charge in [-0.3, -0.25) is 0 Å². The molecule has 0 fully saturated rings. The minimum Gasteiger partial charge on any atom is -0.383 e. The van der Waals surface area contributed by atoms with Gasteiger partial charge < -0.3 is 18.6 Å². The third-order valence-electron chi connectivity index (χ3n) is 2.33. The zero-order chi connectivity index (χ0) is 10.4. The maximum Gasteiger partial charge on any atom is 0.294 e. The highest BCUT2D eigenvalue weighted by atomic mass is 28.3. The minimum atomic E-state index is -0.583. The molecule has 0 bridgehead atoms. The Bertz CT molecular complexity index is 172. The lowest BCUT2D eigenvalue weighted by Crippen LogP contribution is -2.43. The van der Waals surface area contributed by atoms with Gasteiger partial charge in [0, 0.05) is 39.7 Å². The van der Waals surface area contributed by atoms with E-state index < -0.39 is 9.12 Å². The monoisotopic (exact) mass is 215 g/mol. The summed E-state index contributed by atoms with van der Waals surface area (Å²) in [6, 6.07) is 0. The molecule has 14 heavy (non-hydrogen) atoms. The number of nitrogens with zero attached hydrogens (tertiary/aromatic N) is 2. The van der Waals surface area contributed by atoms with Crippen LogP contribution in [-0.2, 0) is 9.47 Å². The van der Waals surface area contributed by atoms with E-state index in [0.29, 0.717) is 0 Å². The Balaban J connectivity index is 2.28. The Labute approximate surface area is 87.8 Å². The molecule has 0 saturated heterocycles. The first-order valence-electron chi connectivity index (χ1n) is 4.82. The van der Waals surface area contributed by atoms with Crippen molar-refractivity contribution < 1.29 is 9.47 Å². The normalized spacial score (nSPS) is 17.1. The third kappa shape index (κ3) is 3.00. The Kier molecular flexibility index (Phi) is 4.99. The van der Waals surface area contributed by atoms with Crippen LogP contribution in [-0.4, -0.2) is 58.8 Å². The van der Waals surface area contributed by atoms with Gasteiger partial charge in [-0.25, -0.2) is 0 Å². The first-order valence-corrected chi connectivity index (χ1v) is 6.72. The molecule has 1 aliphatic heterocycles. The summed E-state index contributed by atoms with van der Waals surface area (Å²) in [6.45, 7) is 5.85. The summed E-state index contributed by atoms with van der Waals surface area (Å²) in [5.41, 5.74) is 0. The molecule has 0 atom stereocenters. The van der Waals surface area contributed by atoms with E-state index in [-0.39, 0.29) is 0 Å². The molecule has 4 nitrogen and oxygen atoms in total. The van der Waals surface area contributed by atoms with Crippen molar-refractivity contribution in [2.24, 2.45) is 0 Å². The second-order valence-corrected chi connectivity index (χ2v) is 5.46. The summed E-state index contributed by atoms with van der Waals surface area (Å²) in [6.07, 6.45) is 4.31. The van der Waals surface area contributed by atoms with E-state index in [2.05, 4.69) is 28.1 Å². The fourth-order valence-electron chi connectivity index (χ4n) is 1.39. The molecule has 0 N–H and O–H groups in total. The van der Waals surface area contributed by atoms with Crippen molar-refractivity contribution >= 4 is 9.12 Å². The zero-order valence-electron chi connectivity index (χ0n) is 9.19. The second-order valence-electron chi connectivity index (χ2n) is 3.22. The lowest BCUT2D eigenvalue weighted by molar-refractivity contribution is 0.182. The van der Waals surface area contributed by atoms with Crippen molar-refractivity contribution in [3.63, 3.8) is 0 Å². The van der Waals surface area contributed by atoms with Crippen molar-refractivity contribution in [1.29, 1.82) is 0 Å². The molecule has 0 aromatic heterocycles. The van der Waals surface area contributed by atoms with E-state index in [0.717, 1.165) is 26.3 Å². The largest absolute Gasteiger partial charge is 0.383 e. The van der Waals surface area contributed by atoms with Gasteiger partial charge in [-0.15, -0.1) is 0 Å². The van der Waals surface area contributed by atoms with E-state index in [1.165, 1.54) is 0 Å². The number of hydrogen-bond donors (Lipinski definition) is 0. The number of rotatable bonds is 6. The first-order chi connectivity index (χ1) is 6.79. The molecule has 0 amide bonds. The summed E-state index contributed by atoms with van der Waals surface area (Å²) >= 11 is 0. The molecular weight excluding hydrogens is 196 g/mol. The van der Waals surface area contributed by atoms with Gasteiger partial charge in [0.25, 0.3) is 9.12 Å². The van der Waals surface area contributed by atoms with Crippen molar-refractivity contribution in [2.45, 2.75) is 6.55 Å². The van der Waals surface area contributed by atoms with Crippen molar-refractivity contribution in [1.82, 2.24) is 9.13 Å². The fraction of sp³-hybridized carbons (Fsp3) is 0.778. The second kappa shape index (κ2) is 6.05. The van der Waals surface area contributed by atoms with Crippen LogP contribution in [0.15, 0.2) is 12.4 Å². The van der Waals surface area contributed by atoms with Crippen LogP contribution in [0.25, 0.3) is 0 Å². The average Bonchev–Trinajstić information content (AvgIpc) is 2.54. The standard InChI is InChI=1S/C9H19N2O2Si/c1-12-8-6-10-4-5-11(14(10)3)7-9-13-2/h4-5H,6-9H2,1-3H3. The molecule has 81 valence electrons. The summed E-state index contributed by atoms with van der Waals surface area (Å²) in [4.78, 5) is 0. The summed E-state index contributed by atoms with van der Waals surface area (Å²) in [5.74, 6) is 0. The van der Waals surface area contributed by atoms with Gasteiger partial charge in [0.1, 0.15) is 0 Å². The van der Waals surface area contributed by atoms with E-state index in [1.54, 1.807) is 14.2 Å². The van der Waals surface area contributed by atoms with Crippen molar-refractivity contribution in [3.05, 3.63) is 12.4 Å². The molecule has 0 aromatic carbocycles. The topological polar surface area (TPSA) is 24.9 Å². The zero-order valence-corrected chi connectivity index (χ0v) is 10.2. The number of hydrogen-bond acceptors (Lipinski definition) is 4. The highest BCUT2D eigenvalue weighted by Gasteiger charge is 2.24. The van der Waals surface area contributed by atoms with Crippen molar-refractivity contribution in [2.75, 3.05) is 40.5 Å². The summed E-state index contributed by atoms with van der Waals surface area (Å²) in [7, 11) is 2.90. The molecular formula is C9H19N2O2Si. The van der Waals surface area contributed by atoms with Gasteiger partial charge in [-0.1, -0.05) is 0 Å². The molecule has 0 unspecified atom stereocenters. The predicted octanol–water partition coefficient (Wildman–Crippen LogP) is 0.486. The quantitative estimate of drug-likeness (QED) is 0.602. The van der Waals surface area contributed by atoms with Gasteiger partial charge in [0.15, 0.2) is 0 Å². The lowest BCUT2D eigenvalue weighted by Gasteiger charge is -2.26. The lowest BCUT2D eigenvalue weighted by atomic mass is 10.6. The molecule has 0 saturated carbocycles. The van der Waals surface area contributed by atoms with Crippen LogP contribution in [0.2, 0.25) is 6.55 Å². The molecule has 1 radical (unpaired) electrons. The van der Waals surface area contributed by atoms with Gasteiger partial charge in [0.05, 0.1) is 13.2 Å². The molecule has 1 rings (SSSR count). The molecule has 1 aliphatic rings. The fourth-order valence-corrected chi connectivity index (χ4v) is 3.12. The predicted molar refractivity (Wildman–Crippen MR) is 57.9 cm³/mol. The molecule has 1 heterocycles. The van der Waals surface area contributed by atoms with Crippen LogP contribution in [0.4, 0.5) is 0 Å². The number of ether oxygens (including phenoxy) is 2. The molecule has 0 aliphatic carbocycles.